The Balaban J connectivity index is 1.48. The summed E-state index contributed by atoms with van der Waals surface area (Å²) in [7, 11) is 2.79. The molecule has 6 unspecified atom stereocenters. The van der Waals surface area contributed by atoms with Gasteiger partial charge in [0.25, 0.3) is 0 Å². The van der Waals surface area contributed by atoms with Crippen molar-refractivity contribution in [2.75, 3.05) is 14.2 Å². The molecular weight excluding hydrogens is 356 g/mol. The summed E-state index contributed by atoms with van der Waals surface area (Å²) in [4.78, 5) is 28.1. The number of amides is 2. The van der Waals surface area contributed by atoms with Gasteiger partial charge in [-0.05, 0) is 47.6 Å². The number of carbonyl (C=O) groups excluding carboxylic acids is 2. The molecule has 28 heavy (non-hydrogen) atoms. The maximum absolute atomic E-state index is 12.5. The molecule has 1 aliphatic heterocycles. The zero-order valence-corrected chi connectivity index (χ0v) is 15.9. The minimum absolute atomic E-state index is 0.268. The molecule has 4 bridgehead atoms. The number of allylic oxidation sites excluding steroid dienone is 2. The number of benzene rings is 1. The third-order valence-corrected chi connectivity index (χ3v) is 7.70. The van der Waals surface area contributed by atoms with E-state index in [-0.39, 0.29) is 11.8 Å². The van der Waals surface area contributed by atoms with Gasteiger partial charge in [-0.3, -0.25) is 9.80 Å². The summed E-state index contributed by atoms with van der Waals surface area (Å²) in [6.45, 7) is 0. The van der Waals surface area contributed by atoms with Crippen LogP contribution in [-0.4, -0.2) is 36.2 Å². The SMILES string of the molecule is COC(=O)N1C=CN(C(=O)OC)C2=C1C1CC2C2C3CC(c4ccccc43)C12. The second-order valence-electron chi connectivity index (χ2n) is 8.43. The first-order valence-corrected chi connectivity index (χ1v) is 9.91. The quantitative estimate of drug-likeness (QED) is 0.641. The van der Waals surface area contributed by atoms with Crippen molar-refractivity contribution in [3.8, 4) is 0 Å². The van der Waals surface area contributed by atoms with Crippen molar-refractivity contribution in [3.63, 3.8) is 0 Å². The summed E-state index contributed by atoms with van der Waals surface area (Å²) in [5, 5.41) is 0. The molecule has 2 fully saturated rings. The van der Waals surface area contributed by atoms with Gasteiger partial charge in [-0.2, -0.15) is 0 Å². The summed E-state index contributed by atoms with van der Waals surface area (Å²) in [5.74, 6) is 2.69. The zero-order valence-electron chi connectivity index (χ0n) is 15.9. The molecule has 1 aromatic carbocycles. The van der Waals surface area contributed by atoms with E-state index in [0.29, 0.717) is 23.7 Å². The summed E-state index contributed by atoms with van der Waals surface area (Å²) in [6, 6.07) is 8.82. The van der Waals surface area contributed by atoms with Crippen molar-refractivity contribution in [1.29, 1.82) is 0 Å². The fourth-order valence-corrected chi connectivity index (χ4v) is 7.05. The van der Waals surface area contributed by atoms with Crippen LogP contribution in [0.2, 0.25) is 0 Å². The Bertz CT molecular complexity index is 894. The summed E-state index contributed by atoms with van der Waals surface area (Å²) >= 11 is 0. The Kier molecular flexibility index (Phi) is 3.13. The molecule has 6 heteroatoms. The molecule has 0 saturated heterocycles. The Hall–Kier alpha value is -2.76. The van der Waals surface area contributed by atoms with Crippen LogP contribution in [0.5, 0.6) is 0 Å². The van der Waals surface area contributed by atoms with Gasteiger partial charge in [0.05, 0.1) is 25.6 Å². The van der Waals surface area contributed by atoms with Crippen molar-refractivity contribution in [2.24, 2.45) is 23.7 Å². The van der Waals surface area contributed by atoms with Gasteiger partial charge < -0.3 is 9.47 Å². The summed E-state index contributed by atoms with van der Waals surface area (Å²) in [6.07, 6.45) is 4.65. The van der Waals surface area contributed by atoms with Gasteiger partial charge in [0.15, 0.2) is 0 Å². The molecule has 0 spiro atoms. The summed E-state index contributed by atoms with van der Waals surface area (Å²) < 4.78 is 10.0. The zero-order chi connectivity index (χ0) is 19.2. The van der Waals surface area contributed by atoms with Crippen molar-refractivity contribution in [3.05, 3.63) is 59.2 Å². The molecule has 6 nitrogen and oxygen atoms in total. The molecule has 0 N–H and O–H groups in total. The predicted molar refractivity (Wildman–Crippen MR) is 99.8 cm³/mol. The van der Waals surface area contributed by atoms with Gasteiger partial charge >= 0.3 is 12.2 Å². The molecule has 2 saturated carbocycles. The van der Waals surface area contributed by atoms with Crippen molar-refractivity contribution in [1.82, 2.24) is 9.80 Å². The predicted octanol–water partition coefficient (Wildman–Crippen LogP) is 3.99. The second kappa shape index (κ2) is 5.40. The van der Waals surface area contributed by atoms with E-state index in [2.05, 4.69) is 24.3 Å². The Labute approximate surface area is 163 Å². The lowest BCUT2D eigenvalue weighted by Crippen LogP contribution is -2.43. The highest BCUT2D eigenvalue weighted by atomic mass is 16.5. The number of methoxy groups -OCH3 is 2. The number of hydrogen-bond donors (Lipinski definition) is 0. The van der Waals surface area contributed by atoms with Crippen LogP contribution in [0.1, 0.15) is 35.8 Å². The second-order valence-corrected chi connectivity index (χ2v) is 8.43. The molecule has 5 aliphatic rings. The average Bonchev–Trinajstić information content (AvgIpc) is 3.48. The fourth-order valence-electron chi connectivity index (χ4n) is 7.05. The number of nitrogens with zero attached hydrogens (tertiary/aromatic N) is 2. The van der Waals surface area contributed by atoms with E-state index in [1.807, 2.05) is 0 Å². The van der Waals surface area contributed by atoms with Crippen LogP contribution in [0.4, 0.5) is 9.59 Å². The van der Waals surface area contributed by atoms with Gasteiger partial charge in [-0.1, -0.05) is 24.3 Å². The fraction of sp³-hybridized carbons (Fsp3) is 0.455. The van der Waals surface area contributed by atoms with Crippen LogP contribution in [-0.2, 0) is 9.47 Å². The average molecular weight is 378 g/mol. The smallest absolute Gasteiger partial charge is 0.418 e. The Morgan fingerprint density at radius 1 is 0.786 bits per heavy atom. The van der Waals surface area contributed by atoms with Crippen LogP contribution < -0.4 is 0 Å². The van der Waals surface area contributed by atoms with E-state index in [1.165, 1.54) is 31.8 Å². The maximum atomic E-state index is 12.5. The lowest BCUT2D eigenvalue weighted by molar-refractivity contribution is 0.123. The molecule has 6 atom stereocenters. The van der Waals surface area contributed by atoms with E-state index in [4.69, 9.17) is 9.47 Å². The maximum Gasteiger partial charge on any atom is 0.418 e. The van der Waals surface area contributed by atoms with Crippen LogP contribution in [0, 0.1) is 23.7 Å². The van der Waals surface area contributed by atoms with E-state index in [1.54, 1.807) is 22.2 Å². The van der Waals surface area contributed by atoms with Crippen molar-refractivity contribution in [2.45, 2.75) is 24.7 Å². The van der Waals surface area contributed by atoms with Gasteiger partial charge in [0, 0.05) is 24.2 Å². The molecule has 2 amide bonds. The first-order valence-electron chi connectivity index (χ1n) is 9.91. The van der Waals surface area contributed by atoms with E-state index >= 15 is 0 Å². The van der Waals surface area contributed by atoms with Gasteiger partial charge in [0.1, 0.15) is 0 Å². The topological polar surface area (TPSA) is 59.1 Å². The number of carbonyl (C=O) groups is 2. The standard InChI is InChI=1S/C22H22N2O4/c1-27-21(25)23-7-8-24(22(26)28-2)20-16-10-15(19(20)23)17-13-9-14(18(16)17)12-6-4-3-5-11(12)13/h3-8,13-18H,9-10H2,1-2H3. The highest BCUT2D eigenvalue weighted by Crippen LogP contribution is 2.73. The third-order valence-electron chi connectivity index (χ3n) is 7.70. The minimum Gasteiger partial charge on any atom is -0.452 e. The van der Waals surface area contributed by atoms with Crippen molar-refractivity contribution < 1.29 is 19.1 Å². The molecule has 1 aromatic rings. The number of rotatable bonds is 0. The normalized spacial score (nSPS) is 35.8. The minimum atomic E-state index is -0.402. The Morgan fingerprint density at radius 3 is 1.64 bits per heavy atom. The first kappa shape index (κ1) is 16.2. The number of hydrogen-bond acceptors (Lipinski definition) is 4. The molecule has 0 aromatic heterocycles. The van der Waals surface area contributed by atoms with Gasteiger partial charge in [0.2, 0.25) is 0 Å². The largest absolute Gasteiger partial charge is 0.452 e. The lowest BCUT2D eigenvalue weighted by atomic mass is 9.69. The van der Waals surface area contributed by atoms with Gasteiger partial charge in [-0.15, -0.1) is 0 Å². The van der Waals surface area contributed by atoms with Crippen LogP contribution in [0.15, 0.2) is 48.1 Å². The molecule has 4 aliphatic carbocycles. The molecular formula is C22H22N2O4. The lowest BCUT2D eigenvalue weighted by Gasteiger charge is -2.43. The molecule has 144 valence electrons. The van der Waals surface area contributed by atoms with Crippen molar-refractivity contribution >= 4 is 12.2 Å². The third kappa shape index (κ3) is 1.74. The number of fused-ring (bicyclic) bond motifs is 14. The molecule has 1 heterocycles. The highest BCUT2D eigenvalue weighted by molar-refractivity contribution is 5.77. The summed E-state index contributed by atoms with van der Waals surface area (Å²) in [5.41, 5.74) is 4.86. The molecule has 0 radical (unpaired) electrons. The monoisotopic (exact) mass is 378 g/mol. The van der Waals surface area contributed by atoms with Gasteiger partial charge in [-0.25, -0.2) is 9.59 Å². The van der Waals surface area contributed by atoms with E-state index < -0.39 is 12.2 Å². The van der Waals surface area contributed by atoms with Crippen LogP contribution in [0.25, 0.3) is 0 Å². The van der Waals surface area contributed by atoms with E-state index in [0.717, 1.165) is 17.8 Å². The van der Waals surface area contributed by atoms with Crippen LogP contribution in [0.3, 0.4) is 0 Å². The van der Waals surface area contributed by atoms with Crippen LogP contribution >= 0.6 is 0 Å². The first-order chi connectivity index (χ1) is 13.7. The highest BCUT2D eigenvalue weighted by Gasteiger charge is 2.66. The molecule has 6 rings (SSSR count). The number of ether oxygens (including phenoxy) is 2. The Morgan fingerprint density at radius 2 is 1.21 bits per heavy atom. The van der Waals surface area contributed by atoms with E-state index in [9.17, 15) is 9.59 Å².